The number of carbonyl (C=O) groups excluding carboxylic acids is 1. The molecule has 3 rings (SSSR count). The highest BCUT2D eigenvalue weighted by molar-refractivity contribution is 5.94. The molecule has 0 saturated carbocycles. The lowest BCUT2D eigenvalue weighted by Crippen LogP contribution is -2.22. The van der Waals surface area contributed by atoms with E-state index in [0.29, 0.717) is 12.1 Å². The zero-order valence-electron chi connectivity index (χ0n) is 12.2. The highest BCUT2D eigenvalue weighted by Crippen LogP contribution is 2.18. The van der Waals surface area contributed by atoms with E-state index in [0.717, 1.165) is 22.6 Å². The fourth-order valence-electron chi connectivity index (χ4n) is 2.17. The lowest BCUT2D eigenvalue weighted by atomic mass is 10.1. The van der Waals surface area contributed by atoms with Crippen molar-refractivity contribution in [2.45, 2.75) is 13.5 Å². The standard InChI is InChI=1S/C18H16N2O2/c1-13-8-9-19-17(11-13)14-4-6-15(7-5-14)18(21)20-12-16-3-2-10-22-16/h2-11H,12H2,1H3,(H,20,21). The Balaban J connectivity index is 1.69. The van der Waals surface area contributed by atoms with Gasteiger partial charge >= 0.3 is 0 Å². The molecule has 0 atom stereocenters. The molecule has 0 aliphatic rings. The maximum absolute atomic E-state index is 12.1. The van der Waals surface area contributed by atoms with Gasteiger partial charge in [-0.3, -0.25) is 9.78 Å². The Morgan fingerprint density at radius 2 is 2.00 bits per heavy atom. The minimum atomic E-state index is -0.125. The first-order valence-corrected chi connectivity index (χ1v) is 7.06. The number of aryl methyl sites for hydroxylation is 1. The van der Waals surface area contributed by atoms with Crippen LogP contribution in [0.4, 0.5) is 0 Å². The Hall–Kier alpha value is -2.88. The van der Waals surface area contributed by atoms with Gasteiger partial charge in [0.05, 0.1) is 18.5 Å². The van der Waals surface area contributed by atoms with E-state index in [1.54, 1.807) is 30.7 Å². The van der Waals surface area contributed by atoms with Gasteiger partial charge in [-0.2, -0.15) is 0 Å². The number of carbonyl (C=O) groups is 1. The zero-order valence-corrected chi connectivity index (χ0v) is 12.2. The summed E-state index contributed by atoms with van der Waals surface area (Å²) in [5.41, 5.74) is 3.67. The van der Waals surface area contributed by atoms with Crippen molar-refractivity contribution in [2.24, 2.45) is 0 Å². The maximum Gasteiger partial charge on any atom is 0.251 e. The maximum atomic E-state index is 12.1. The predicted molar refractivity (Wildman–Crippen MR) is 84.3 cm³/mol. The summed E-state index contributed by atoms with van der Waals surface area (Å²) in [6, 6.07) is 15.0. The first-order chi connectivity index (χ1) is 10.7. The summed E-state index contributed by atoms with van der Waals surface area (Å²) in [6.07, 6.45) is 3.37. The van der Waals surface area contributed by atoms with Crippen LogP contribution >= 0.6 is 0 Å². The number of rotatable bonds is 4. The number of nitrogens with one attached hydrogen (secondary N) is 1. The van der Waals surface area contributed by atoms with Gasteiger partial charge in [-0.05, 0) is 48.9 Å². The van der Waals surface area contributed by atoms with E-state index in [-0.39, 0.29) is 5.91 Å². The molecule has 0 aliphatic carbocycles. The second kappa shape index (κ2) is 6.26. The van der Waals surface area contributed by atoms with Crippen molar-refractivity contribution < 1.29 is 9.21 Å². The molecule has 2 heterocycles. The van der Waals surface area contributed by atoms with Crippen LogP contribution in [0.15, 0.2) is 65.4 Å². The predicted octanol–water partition coefficient (Wildman–Crippen LogP) is 3.58. The van der Waals surface area contributed by atoms with E-state index in [9.17, 15) is 4.79 Å². The smallest absolute Gasteiger partial charge is 0.251 e. The van der Waals surface area contributed by atoms with Crippen LogP contribution < -0.4 is 5.32 Å². The van der Waals surface area contributed by atoms with Crippen molar-refractivity contribution in [1.29, 1.82) is 0 Å². The van der Waals surface area contributed by atoms with Gasteiger partial charge in [0.25, 0.3) is 5.91 Å². The Morgan fingerprint density at radius 1 is 1.18 bits per heavy atom. The molecular formula is C18H16N2O2. The van der Waals surface area contributed by atoms with E-state index in [1.165, 1.54) is 0 Å². The molecule has 4 nitrogen and oxygen atoms in total. The highest BCUT2D eigenvalue weighted by atomic mass is 16.3. The summed E-state index contributed by atoms with van der Waals surface area (Å²) in [5, 5.41) is 2.82. The van der Waals surface area contributed by atoms with Crippen LogP contribution in [-0.2, 0) is 6.54 Å². The van der Waals surface area contributed by atoms with Crippen LogP contribution in [0.1, 0.15) is 21.7 Å². The second-order valence-corrected chi connectivity index (χ2v) is 5.06. The van der Waals surface area contributed by atoms with Crippen molar-refractivity contribution >= 4 is 5.91 Å². The lowest BCUT2D eigenvalue weighted by molar-refractivity contribution is 0.0948. The lowest BCUT2D eigenvalue weighted by Gasteiger charge is -2.05. The van der Waals surface area contributed by atoms with E-state index in [4.69, 9.17) is 4.42 Å². The molecule has 22 heavy (non-hydrogen) atoms. The van der Waals surface area contributed by atoms with Crippen molar-refractivity contribution in [3.05, 3.63) is 77.9 Å². The van der Waals surface area contributed by atoms with Gasteiger partial charge in [-0.25, -0.2) is 0 Å². The van der Waals surface area contributed by atoms with Crippen molar-refractivity contribution in [2.75, 3.05) is 0 Å². The van der Waals surface area contributed by atoms with E-state index in [1.807, 2.05) is 37.3 Å². The molecule has 1 N–H and O–H groups in total. The van der Waals surface area contributed by atoms with Gasteiger partial charge in [-0.1, -0.05) is 12.1 Å². The van der Waals surface area contributed by atoms with E-state index < -0.39 is 0 Å². The molecule has 1 aromatic carbocycles. The third kappa shape index (κ3) is 3.23. The zero-order chi connectivity index (χ0) is 15.4. The molecule has 2 aromatic heterocycles. The number of benzene rings is 1. The SMILES string of the molecule is Cc1ccnc(-c2ccc(C(=O)NCc3ccco3)cc2)c1. The Kier molecular flexibility index (Phi) is 4.01. The summed E-state index contributed by atoms with van der Waals surface area (Å²) in [6.45, 7) is 2.41. The number of aromatic nitrogens is 1. The number of furan rings is 1. The van der Waals surface area contributed by atoms with Gasteiger partial charge in [0.1, 0.15) is 5.76 Å². The average Bonchev–Trinajstić information content (AvgIpc) is 3.06. The molecule has 1 amide bonds. The number of hydrogen-bond donors (Lipinski definition) is 1. The topological polar surface area (TPSA) is 55.1 Å². The number of pyridine rings is 1. The minimum absolute atomic E-state index is 0.125. The molecule has 0 aliphatic heterocycles. The van der Waals surface area contributed by atoms with Crippen LogP contribution in [0, 0.1) is 6.92 Å². The normalized spacial score (nSPS) is 10.4. The molecule has 0 spiro atoms. The molecule has 0 unspecified atom stereocenters. The van der Waals surface area contributed by atoms with Crippen LogP contribution in [0.2, 0.25) is 0 Å². The Morgan fingerprint density at radius 3 is 2.68 bits per heavy atom. The Bertz CT molecular complexity index is 762. The average molecular weight is 292 g/mol. The number of nitrogens with zero attached hydrogens (tertiary/aromatic N) is 1. The van der Waals surface area contributed by atoms with Crippen LogP contribution in [0.25, 0.3) is 11.3 Å². The quantitative estimate of drug-likeness (QED) is 0.799. The van der Waals surface area contributed by atoms with Gasteiger partial charge in [0.2, 0.25) is 0 Å². The molecule has 0 bridgehead atoms. The molecule has 0 radical (unpaired) electrons. The molecule has 0 fully saturated rings. The minimum Gasteiger partial charge on any atom is -0.467 e. The summed E-state index contributed by atoms with van der Waals surface area (Å²) >= 11 is 0. The number of amides is 1. The monoisotopic (exact) mass is 292 g/mol. The highest BCUT2D eigenvalue weighted by Gasteiger charge is 2.07. The van der Waals surface area contributed by atoms with Crippen molar-refractivity contribution in [1.82, 2.24) is 10.3 Å². The Labute approximate surface area is 128 Å². The van der Waals surface area contributed by atoms with Crippen molar-refractivity contribution in [3.8, 4) is 11.3 Å². The number of hydrogen-bond acceptors (Lipinski definition) is 3. The van der Waals surface area contributed by atoms with Gasteiger partial charge in [0, 0.05) is 17.3 Å². The van der Waals surface area contributed by atoms with Crippen LogP contribution in [0.5, 0.6) is 0 Å². The largest absolute Gasteiger partial charge is 0.467 e. The molecular weight excluding hydrogens is 276 g/mol. The third-order valence-electron chi connectivity index (χ3n) is 3.36. The fraction of sp³-hybridized carbons (Fsp3) is 0.111. The second-order valence-electron chi connectivity index (χ2n) is 5.06. The summed E-state index contributed by atoms with van der Waals surface area (Å²) in [5.74, 6) is 0.606. The first kappa shape index (κ1) is 14.1. The summed E-state index contributed by atoms with van der Waals surface area (Å²) < 4.78 is 5.18. The fourth-order valence-corrected chi connectivity index (χ4v) is 2.17. The van der Waals surface area contributed by atoms with Crippen LogP contribution in [-0.4, -0.2) is 10.9 Å². The van der Waals surface area contributed by atoms with E-state index in [2.05, 4.69) is 10.3 Å². The molecule has 4 heteroatoms. The summed E-state index contributed by atoms with van der Waals surface area (Å²) in [4.78, 5) is 16.4. The third-order valence-corrected chi connectivity index (χ3v) is 3.36. The molecule has 3 aromatic rings. The van der Waals surface area contributed by atoms with Crippen molar-refractivity contribution in [3.63, 3.8) is 0 Å². The van der Waals surface area contributed by atoms with Crippen LogP contribution in [0.3, 0.4) is 0 Å². The molecule has 110 valence electrons. The summed E-state index contributed by atoms with van der Waals surface area (Å²) in [7, 11) is 0. The first-order valence-electron chi connectivity index (χ1n) is 7.06. The molecule has 0 saturated heterocycles. The van der Waals surface area contributed by atoms with Gasteiger partial charge in [-0.15, -0.1) is 0 Å². The van der Waals surface area contributed by atoms with Gasteiger partial charge < -0.3 is 9.73 Å². The van der Waals surface area contributed by atoms with Gasteiger partial charge in [0.15, 0.2) is 0 Å². The van der Waals surface area contributed by atoms with E-state index >= 15 is 0 Å².